The number of Topliss-reactive ketones (excluding diaryl/α,β-unsaturated/α-hetero) is 1. The van der Waals surface area contributed by atoms with Gasteiger partial charge in [0.15, 0.2) is 5.78 Å². The zero-order valence-corrected chi connectivity index (χ0v) is 15.0. The highest BCUT2D eigenvalue weighted by molar-refractivity contribution is 5.94. The van der Waals surface area contributed by atoms with E-state index in [1.54, 1.807) is 13.8 Å². The lowest BCUT2D eigenvalue weighted by molar-refractivity contribution is -0.124. The van der Waals surface area contributed by atoms with Gasteiger partial charge in [-0.2, -0.15) is 0 Å². The van der Waals surface area contributed by atoms with Crippen molar-refractivity contribution in [2.24, 2.45) is 17.3 Å². The minimum absolute atomic E-state index is 0.0787. The Bertz CT molecular complexity index is 504. The van der Waals surface area contributed by atoms with Crippen LogP contribution in [0, 0.1) is 17.3 Å². The summed E-state index contributed by atoms with van der Waals surface area (Å²) in [7, 11) is 0. The van der Waals surface area contributed by atoms with Gasteiger partial charge in [0.05, 0.1) is 0 Å². The van der Waals surface area contributed by atoms with Crippen LogP contribution in [-0.4, -0.2) is 17.2 Å². The van der Waals surface area contributed by atoms with E-state index >= 15 is 0 Å². The molecule has 0 aromatic rings. The molecule has 0 aromatic heterocycles. The van der Waals surface area contributed by atoms with Gasteiger partial charge in [-0.15, -0.1) is 0 Å². The topological polar surface area (TPSA) is 46.2 Å². The van der Waals surface area contributed by atoms with Crippen molar-refractivity contribution in [3.63, 3.8) is 0 Å². The third kappa shape index (κ3) is 3.88. The van der Waals surface area contributed by atoms with Crippen LogP contribution in [0.25, 0.3) is 0 Å². The van der Waals surface area contributed by atoms with Gasteiger partial charge in [0.25, 0.3) is 0 Å². The van der Waals surface area contributed by atoms with Crippen LogP contribution in [0.1, 0.15) is 60.8 Å². The average molecular weight is 305 g/mol. The molecule has 3 unspecified atom stereocenters. The van der Waals surface area contributed by atoms with E-state index in [1.165, 1.54) is 0 Å². The van der Waals surface area contributed by atoms with Crippen molar-refractivity contribution >= 4 is 11.7 Å². The minimum Gasteiger partial charge on any atom is -0.347 e. The summed E-state index contributed by atoms with van der Waals surface area (Å²) in [5, 5.41) is 3.17. The molecular weight excluding hydrogens is 274 g/mol. The summed E-state index contributed by atoms with van der Waals surface area (Å²) in [5.74, 6) is 0.794. The summed E-state index contributed by atoms with van der Waals surface area (Å²) < 4.78 is 0. The van der Waals surface area contributed by atoms with Crippen LogP contribution in [0.5, 0.6) is 0 Å². The second-order valence-corrected chi connectivity index (χ2v) is 8.00. The number of rotatable bonds is 5. The molecule has 1 fully saturated rings. The number of hydrogen-bond donors (Lipinski definition) is 1. The largest absolute Gasteiger partial charge is 0.347 e. The van der Waals surface area contributed by atoms with Crippen molar-refractivity contribution in [3.05, 3.63) is 24.3 Å². The number of carbonyl (C=O) groups excluding carboxylic acids is 2. The van der Waals surface area contributed by atoms with Crippen molar-refractivity contribution in [2.75, 3.05) is 0 Å². The van der Waals surface area contributed by atoms with Gasteiger partial charge in [-0.3, -0.25) is 9.59 Å². The van der Waals surface area contributed by atoms with E-state index in [-0.39, 0.29) is 22.6 Å². The van der Waals surface area contributed by atoms with Crippen LogP contribution in [-0.2, 0) is 9.59 Å². The van der Waals surface area contributed by atoms with Gasteiger partial charge in [0, 0.05) is 17.5 Å². The Morgan fingerprint density at radius 1 is 1.09 bits per heavy atom. The molecule has 0 radical (unpaired) electrons. The molecular formula is C19H31NO2. The van der Waals surface area contributed by atoms with E-state index in [4.69, 9.17) is 0 Å². The minimum atomic E-state index is -0.286. The first-order valence-corrected chi connectivity index (χ1v) is 8.06. The summed E-state index contributed by atoms with van der Waals surface area (Å²) in [6.45, 7) is 19.6. The third-order valence-corrected chi connectivity index (χ3v) is 5.50. The predicted octanol–water partition coefficient (Wildman–Crippen LogP) is 4.05. The molecule has 3 nitrogen and oxygen atoms in total. The first-order valence-electron chi connectivity index (χ1n) is 8.06. The van der Waals surface area contributed by atoms with Gasteiger partial charge in [-0.25, -0.2) is 0 Å². The van der Waals surface area contributed by atoms with Gasteiger partial charge >= 0.3 is 0 Å². The summed E-state index contributed by atoms with van der Waals surface area (Å²) in [6, 6.07) is 0. The van der Waals surface area contributed by atoms with E-state index in [9.17, 15) is 9.59 Å². The van der Waals surface area contributed by atoms with Crippen LogP contribution >= 0.6 is 0 Å². The molecule has 1 N–H and O–H groups in total. The second kappa shape index (κ2) is 6.39. The lowest BCUT2D eigenvalue weighted by Gasteiger charge is -2.53. The van der Waals surface area contributed by atoms with Crippen LogP contribution < -0.4 is 5.32 Å². The maximum Gasteiger partial charge on any atom is 0.246 e. The molecule has 0 saturated heterocycles. The molecule has 1 amide bonds. The molecule has 3 atom stereocenters. The maximum absolute atomic E-state index is 12.1. The second-order valence-electron chi connectivity index (χ2n) is 8.00. The van der Waals surface area contributed by atoms with Crippen molar-refractivity contribution in [1.29, 1.82) is 0 Å². The monoisotopic (exact) mass is 305 g/mol. The average Bonchev–Trinajstić information content (AvgIpc) is 2.35. The van der Waals surface area contributed by atoms with Crippen LogP contribution in [0.3, 0.4) is 0 Å². The Hall–Kier alpha value is -1.38. The first-order chi connectivity index (χ1) is 9.89. The fourth-order valence-corrected chi connectivity index (χ4v) is 3.43. The lowest BCUT2D eigenvalue weighted by atomic mass is 9.57. The molecule has 0 spiro atoms. The molecule has 1 rings (SSSR count). The van der Waals surface area contributed by atoms with Gasteiger partial charge in [-0.1, -0.05) is 33.9 Å². The maximum atomic E-state index is 12.1. The van der Waals surface area contributed by atoms with Crippen LogP contribution in [0.15, 0.2) is 24.3 Å². The SMILES string of the molecule is C=C(C)C(=O)CC1CC(C)(C)C(C)(NC(=O)C(=C)C)CC1C. The number of amides is 1. The molecule has 1 aliphatic rings. The molecule has 0 aromatic carbocycles. The number of hydrogen-bond acceptors (Lipinski definition) is 2. The highest BCUT2D eigenvalue weighted by atomic mass is 16.2. The number of carbonyl (C=O) groups is 2. The van der Waals surface area contributed by atoms with Crippen molar-refractivity contribution in [3.8, 4) is 0 Å². The van der Waals surface area contributed by atoms with Crippen LogP contribution in [0.4, 0.5) is 0 Å². The van der Waals surface area contributed by atoms with Gasteiger partial charge in [0.2, 0.25) is 5.91 Å². The first kappa shape index (κ1) is 18.7. The predicted molar refractivity (Wildman–Crippen MR) is 91.5 cm³/mol. The molecule has 0 bridgehead atoms. The number of allylic oxidation sites excluding steroid dienone is 1. The fourth-order valence-electron chi connectivity index (χ4n) is 3.43. The van der Waals surface area contributed by atoms with E-state index in [1.807, 2.05) is 0 Å². The number of nitrogens with one attached hydrogen (secondary N) is 1. The summed E-state index contributed by atoms with van der Waals surface area (Å²) in [5.41, 5.74) is 0.800. The number of ketones is 1. The molecule has 22 heavy (non-hydrogen) atoms. The Morgan fingerprint density at radius 2 is 1.64 bits per heavy atom. The summed E-state index contributed by atoms with van der Waals surface area (Å²) >= 11 is 0. The van der Waals surface area contributed by atoms with Crippen molar-refractivity contribution in [1.82, 2.24) is 5.32 Å². The fraction of sp³-hybridized carbons (Fsp3) is 0.684. The standard InChI is InChI=1S/C19H31NO2/c1-12(2)16(21)9-15-11-18(6,7)19(8,10-14(15)5)20-17(22)13(3)4/h14-15H,1,3,9-11H2,2,4-8H3,(H,20,22). The van der Waals surface area contributed by atoms with Gasteiger partial charge < -0.3 is 5.32 Å². The Kier molecular flexibility index (Phi) is 5.42. The van der Waals surface area contributed by atoms with Gasteiger partial charge in [-0.05, 0) is 56.4 Å². The zero-order valence-electron chi connectivity index (χ0n) is 15.0. The van der Waals surface area contributed by atoms with Gasteiger partial charge in [0.1, 0.15) is 0 Å². The molecule has 1 aliphatic carbocycles. The molecule has 1 saturated carbocycles. The van der Waals surface area contributed by atoms with Crippen molar-refractivity contribution < 1.29 is 9.59 Å². The third-order valence-electron chi connectivity index (χ3n) is 5.50. The van der Waals surface area contributed by atoms with E-state index in [2.05, 4.69) is 46.2 Å². The summed E-state index contributed by atoms with van der Waals surface area (Å²) in [6.07, 6.45) is 2.34. The van der Waals surface area contributed by atoms with E-state index < -0.39 is 0 Å². The van der Waals surface area contributed by atoms with E-state index in [0.717, 1.165) is 12.8 Å². The Balaban J connectivity index is 2.92. The zero-order chi connectivity index (χ0) is 17.3. The summed E-state index contributed by atoms with van der Waals surface area (Å²) in [4.78, 5) is 24.1. The van der Waals surface area contributed by atoms with Crippen molar-refractivity contribution in [2.45, 2.75) is 66.3 Å². The molecule has 124 valence electrons. The quantitative estimate of drug-likeness (QED) is 0.779. The smallest absolute Gasteiger partial charge is 0.246 e. The highest BCUT2D eigenvalue weighted by Crippen LogP contribution is 2.49. The normalized spacial score (nSPS) is 30.5. The Labute approximate surface area is 135 Å². The Morgan fingerprint density at radius 3 is 2.09 bits per heavy atom. The molecule has 3 heteroatoms. The molecule has 0 heterocycles. The molecule has 0 aliphatic heterocycles. The van der Waals surface area contributed by atoms with E-state index in [0.29, 0.717) is 29.4 Å². The van der Waals surface area contributed by atoms with Crippen LogP contribution in [0.2, 0.25) is 0 Å². The highest BCUT2D eigenvalue weighted by Gasteiger charge is 2.49. The lowest BCUT2D eigenvalue weighted by Crippen LogP contribution is -2.60.